The molecule has 1 aliphatic heterocycles. The second-order valence-electron chi connectivity index (χ2n) is 6.64. The van der Waals surface area contributed by atoms with Gasteiger partial charge in [-0.2, -0.15) is 0 Å². The van der Waals surface area contributed by atoms with Crippen LogP contribution in [-0.2, 0) is 4.79 Å². The zero-order valence-electron chi connectivity index (χ0n) is 11.3. The molecule has 0 aromatic carbocycles. The maximum Gasteiger partial charge on any atom is 0.165 e. The Morgan fingerprint density at radius 1 is 1.25 bits per heavy atom. The van der Waals surface area contributed by atoms with E-state index in [1.165, 1.54) is 0 Å². The summed E-state index contributed by atoms with van der Waals surface area (Å²) >= 11 is 0. The van der Waals surface area contributed by atoms with Gasteiger partial charge >= 0.3 is 0 Å². The molecule has 0 aliphatic carbocycles. The van der Waals surface area contributed by atoms with E-state index in [1.54, 1.807) is 0 Å². The molecule has 0 spiro atoms. The van der Waals surface area contributed by atoms with Gasteiger partial charge in [0.1, 0.15) is 0 Å². The minimum absolute atomic E-state index is 0.0592. The van der Waals surface area contributed by atoms with Crippen molar-refractivity contribution in [1.29, 1.82) is 0 Å². The van der Waals surface area contributed by atoms with Gasteiger partial charge in [-0.15, -0.1) is 0 Å². The van der Waals surface area contributed by atoms with Crippen LogP contribution in [0.4, 0.5) is 0 Å². The highest BCUT2D eigenvalue weighted by atomic mass is 16.5. The average molecular weight is 224 g/mol. The fraction of sp³-hybridized carbons (Fsp3) is 0.769. The first kappa shape index (κ1) is 13.4. The van der Waals surface area contributed by atoms with E-state index in [0.29, 0.717) is 5.57 Å². The van der Waals surface area contributed by atoms with Crippen LogP contribution in [0, 0.1) is 10.6 Å². The first-order chi connectivity index (χ1) is 6.90. The molecule has 1 rings (SSSR count). The zero-order valence-corrected chi connectivity index (χ0v) is 11.3. The molecule has 3 nitrogen and oxygen atoms in total. The van der Waals surface area contributed by atoms with Crippen LogP contribution in [0.1, 0.15) is 48.5 Å². The third-order valence-electron chi connectivity index (χ3n) is 3.11. The molecule has 0 aromatic rings. The molecule has 0 bridgehead atoms. The lowest BCUT2D eigenvalue weighted by Gasteiger charge is -2.47. The summed E-state index contributed by atoms with van der Waals surface area (Å²) in [5, 5.41) is 13.1. The van der Waals surface area contributed by atoms with Gasteiger partial charge in [0.25, 0.3) is 0 Å². The number of carbonyl (C=O) groups excluding carboxylic acids is 1. The number of hydroxylamine groups is 2. The highest BCUT2D eigenvalue weighted by Crippen LogP contribution is 2.41. The van der Waals surface area contributed by atoms with Crippen LogP contribution in [0.2, 0.25) is 0 Å². The van der Waals surface area contributed by atoms with Crippen molar-refractivity contribution >= 4 is 5.78 Å². The van der Waals surface area contributed by atoms with E-state index in [1.807, 2.05) is 54.5 Å². The molecule has 0 aromatic heterocycles. The lowest BCUT2D eigenvalue weighted by Crippen LogP contribution is -2.47. The highest BCUT2D eigenvalue weighted by Gasteiger charge is 2.44. The minimum Gasteiger partial charge on any atom is -0.784 e. The van der Waals surface area contributed by atoms with Crippen LogP contribution in [0.15, 0.2) is 11.6 Å². The molecule has 16 heavy (non-hydrogen) atoms. The lowest BCUT2D eigenvalue weighted by molar-refractivity contribution is -0.123. The van der Waals surface area contributed by atoms with Gasteiger partial charge in [0.2, 0.25) is 0 Å². The number of carbonyl (C=O) groups is 1. The van der Waals surface area contributed by atoms with E-state index in [9.17, 15) is 10.0 Å². The first-order valence-corrected chi connectivity index (χ1v) is 5.66. The Labute approximate surface area is 98.1 Å². The van der Waals surface area contributed by atoms with Crippen molar-refractivity contribution in [3.8, 4) is 0 Å². The average Bonchev–Trinajstić information content (AvgIpc) is 2.24. The quantitative estimate of drug-likeness (QED) is 0.688. The van der Waals surface area contributed by atoms with Gasteiger partial charge in [0.05, 0.1) is 0 Å². The minimum atomic E-state index is -0.728. The van der Waals surface area contributed by atoms with Gasteiger partial charge in [-0.1, -0.05) is 26.8 Å². The van der Waals surface area contributed by atoms with Crippen LogP contribution < -0.4 is 0 Å². The fourth-order valence-corrected chi connectivity index (χ4v) is 2.17. The maximum atomic E-state index is 12.3. The molecule has 0 N–H and O–H groups in total. The topological polar surface area (TPSA) is 43.4 Å². The smallest absolute Gasteiger partial charge is 0.165 e. The standard InChI is InChI=1S/C13H22NO2/c1-11(2,3)10(15)9-8-12(4,5)14(16)13(9,6)7/h8H,1-7H3/q-1. The molecule has 0 atom stereocenters. The summed E-state index contributed by atoms with van der Waals surface area (Å²) in [5.41, 5.74) is -1.13. The molecule has 92 valence electrons. The molecule has 3 heteroatoms. The highest BCUT2D eigenvalue weighted by molar-refractivity contribution is 6.01. The molecule has 1 aliphatic rings. The van der Waals surface area contributed by atoms with Crippen molar-refractivity contribution in [3.05, 3.63) is 16.9 Å². The second-order valence-corrected chi connectivity index (χ2v) is 6.64. The van der Waals surface area contributed by atoms with Gasteiger partial charge in [-0.05, 0) is 27.7 Å². The molecular formula is C13H22NO2-. The van der Waals surface area contributed by atoms with Gasteiger partial charge < -0.3 is 10.3 Å². The van der Waals surface area contributed by atoms with E-state index in [4.69, 9.17) is 0 Å². The Kier molecular flexibility index (Phi) is 2.85. The fourth-order valence-electron chi connectivity index (χ4n) is 2.17. The molecule has 0 amide bonds. The molecule has 1 heterocycles. The summed E-state index contributed by atoms with van der Waals surface area (Å²) in [4.78, 5) is 12.3. The predicted octanol–water partition coefficient (Wildman–Crippen LogP) is 2.90. The van der Waals surface area contributed by atoms with Gasteiger partial charge in [-0.3, -0.25) is 4.79 Å². The van der Waals surface area contributed by atoms with E-state index < -0.39 is 16.5 Å². The largest absolute Gasteiger partial charge is 0.784 e. The Morgan fingerprint density at radius 3 is 1.94 bits per heavy atom. The van der Waals surface area contributed by atoms with E-state index in [2.05, 4.69) is 0 Å². The summed E-state index contributed by atoms with van der Waals surface area (Å²) in [6.07, 6.45) is 1.81. The summed E-state index contributed by atoms with van der Waals surface area (Å²) < 4.78 is 0. The first-order valence-electron chi connectivity index (χ1n) is 5.66. The van der Waals surface area contributed by atoms with Crippen LogP contribution >= 0.6 is 0 Å². The van der Waals surface area contributed by atoms with Gasteiger partial charge in [0.15, 0.2) is 5.78 Å². The maximum absolute atomic E-state index is 12.3. The number of hydrogen-bond acceptors (Lipinski definition) is 3. The molecule has 0 saturated heterocycles. The summed E-state index contributed by atoms with van der Waals surface area (Å²) in [5.74, 6) is 0.0592. The monoisotopic (exact) mass is 224 g/mol. The molecule has 0 fully saturated rings. The molecule has 0 saturated carbocycles. The number of ketones is 1. The number of hydrogen-bond donors (Lipinski definition) is 0. The summed E-state index contributed by atoms with van der Waals surface area (Å²) in [6.45, 7) is 12.9. The normalized spacial score (nSPS) is 24.4. The van der Waals surface area contributed by atoms with Crippen molar-refractivity contribution in [2.45, 2.75) is 59.5 Å². The van der Waals surface area contributed by atoms with Crippen LogP contribution in [0.25, 0.3) is 0 Å². The van der Waals surface area contributed by atoms with Crippen molar-refractivity contribution in [2.75, 3.05) is 0 Å². The summed E-state index contributed by atoms with van der Waals surface area (Å²) in [6, 6.07) is 0. The van der Waals surface area contributed by atoms with Crippen LogP contribution in [0.5, 0.6) is 0 Å². The lowest BCUT2D eigenvalue weighted by atomic mass is 9.80. The third-order valence-corrected chi connectivity index (χ3v) is 3.11. The Hall–Kier alpha value is -0.670. The Balaban J connectivity index is 3.21. The third kappa shape index (κ3) is 1.94. The van der Waals surface area contributed by atoms with Gasteiger partial charge in [-0.25, -0.2) is 0 Å². The van der Waals surface area contributed by atoms with Crippen molar-refractivity contribution < 1.29 is 4.79 Å². The van der Waals surface area contributed by atoms with Crippen molar-refractivity contribution in [1.82, 2.24) is 5.06 Å². The van der Waals surface area contributed by atoms with E-state index >= 15 is 0 Å². The van der Waals surface area contributed by atoms with Crippen molar-refractivity contribution in [3.63, 3.8) is 0 Å². The van der Waals surface area contributed by atoms with Crippen molar-refractivity contribution in [2.24, 2.45) is 5.41 Å². The zero-order chi connectivity index (χ0) is 12.9. The summed E-state index contributed by atoms with van der Waals surface area (Å²) in [7, 11) is 0. The number of nitrogens with zero attached hydrogens (tertiary/aromatic N) is 1. The number of Topliss-reactive ketones (excluding diaryl/α,β-unsaturated/α-hetero) is 1. The Bertz CT molecular complexity index is 345. The van der Waals surface area contributed by atoms with Crippen LogP contribution in [0.3, 0.4) is 0 Å². The van der Waals surface area contributed by atoms with E-state index in [0.717, 1.165) is 5.06 Å². The second kappa shape index (κ2) is 3.41. The number of rotatable bonds is 1. The predicted molar refractivity (Wildman–Crippen MR) is 65.9 cm³/mol. The molecule has 0 unspecified atom stereocenters. The molecular weight excluding hydrogens is 202 g/mol. The molecule has 0 radical (unpaired) electrons. The van der Waals surface area contributed by atoms with Gasteiger partial charge in [0, 0.05) is 22.1 Å². The SMILES string of the molecule is CC(C)(C)C(=O)C1=CC(C)(C)N([O-])C1(C)C. The van der Waals surface area contributed by atoms with E-state index in [-0.39, 0.29) is 5.78 Å². The van der Waals surface area contributed by atoms with Crippen LogP contribution in [-0.4, -0.2) is 21.9 Å². The Morgan fingerprint density at radius 2 is 1.69 bits per heavy atom.